The van der Waals surface area contributed by atoms with E-state index in [-0.39, 0.29) is 48.3 Å². The second-order valence-electron chi connectivity index (χ2n) is 8.98. The van der Waals surface area contributed by atoms with Crippen LogP contribution in [-0.4, -0.2) is 35.4 Å². The van der Waals surface area contributed by atoms with Gasteiger partial charge in [-0.15, -0.1) is 0 Å². The molecule has 2 unspecified atom stereocenters. The van der Waals surface area contributed by atoms with Gasteiger partial charge in [0.1, 0.15) is 12.2 Å². The predicted molar refractivity (Wildman–Crippen MR) is 111 cm³/mol. The number of esters is 2. The minimum Gasteiger partial charge on any atom is -0.462 e. The number of fused-ring (bicyclic) bond motifs is 1. The largest absolute Gasteiger partial charge is 0.462 e. The lowest BCUT2D eigenvalue weighted by molar-refractivity contribution is -0.162. The van der Waals surface area contributed by atoms with Gasteiger partial charge in [-0.1, -0.05) is 51.2 Å². The van der Waals surface area contributed by atoms with Crippen molar-refractivity contribution in [3.05, 3.63) is 36.0 Å². The van der Waals surface area contributed by atoms with Crippen LogP contribution in [0.5, 0.6) is 0 Å². The van der Waals surface area contributed by atoms with Gasteiger partial charge in [0, 0.05) is 18.8 Å². The minimum atomic E-state index is -0.609. The van der Waals surface area contributed by atoms with Crippen molar-refractivity contribution in [3.8, 4) is 0 Å². The molecule has 3 aliphatic rings. The van der Waals surface area contributed by atoms with Crippen LogP contribution < -0.4 is 0 Å². The standard InChI is InChI=1S/C24H34O5/c1-5-15(3)24(27)29-21-11-14(2)10-17-7-6-16(4)20(23(17)21)9-8-19-12-18(25)13-22(26)28-19/h6-7,10,15-16,18-21,23,25H,2,5,8-9,11-13H2,1,3-4H3/t15?,16-,18+,19+,20-,21-,23?/m0/s1. The normalized spacial score (nSPS) is 35.4. The van der Waals surface area contributed by atoms with E-state index in [9.17, 15) is 14.7 Å². The Morgan fingerprint density at radius 3 is 2.83 bits per heavy atom. The summed E-state index contributed by atoms with van der Waals surface area (Å²) in [5, 5.41) is 9.88. The number of cyclic esters (lactones) is 1. The lowest BCUT2D eigenvalue weighted by Crippen LogP contribution is -2.41. The Labute approximate surface area is 173 Å². The van der Waals surface area contributed by atoms with Crippen LogP contribution in [0.3, 0.4) is 0 Å². The molecule has 0 aromatic carbocycles. The Balaban J connectivity index is 1.75. The minimum absolute atomic E-state index is 0.0876. The molecule has 5 nitrogen and oxygen atoms in total. The molecule has 1 heterocycles. The van der Waals surface area contributed by atoms with Crippen molar-refractivity contribution in [2.75, 3.05) is 0 Å². The second kappa shape index (κ2) is 9.29. The highest BCUT2D eigenvalue weighted by Crippen LogP contribution is 2.45. The fourth-order valence-electron chi connectivity index (χ4n) is 4.81. The highest BCUT2D eigenvalue weighted by atomic mass is 16.5. The van der Waals surface area contributed by atoms with E-state index >= 15 is 0 Å². The third-order valence-corrected chi connectivity index (χ3v) is 6.69. The Hall–Kier alpha value is -1.88. The molecule has 7 atom stereocenters. The number of aliphatic hydroxyl groups is 1. The molecule has 160 valence electrons. The summed E-state index contributed by atoms with van der Waals surface area (Å²) in [6, 6.07) is 0. The van der Waals surface area contributed by atoms with E-state index < -0.39 is 6.10 Å². The zero-order chi connectivity index (χ0) is 21.1. The van der Waals surface area contributed by atoms with E-state index in [2.05, 4.69) is 31.7 Å². The number of hydrogen-bond acceptors (Lipinski definition) is 5. The van der Waals surface area contributed by atoms with E-state index in [0.717, 1.165) is 18.4 Å². The van der Waals surface area contributed by atoms with Gasteiger partial charge >= 0.3 is 11.9 Å². The highest BCUT2D eigenvalue weighted by molar-refractivity contribution is 5.72. The van der Waals surface area contributed by atoms with Crippen LogP contribution >= 0.6 is 0 Å². The van der Waals surface area contributed by atoms with Gasteiger partial charge in [0.15, 0.2) is 0 Å². The number of carbonyl (C=O) groups is 2. The van der Waals surface area contributed by atoms with Crippen molar-refractivity contribution >= 4 is 11.9 Å². The van der Waals surface area contributed by atoms with Crippen molar-refractivity contribution in [1.29, 1.82) is 0 Å². The summed E-state index contributed by atoms with van der Waals surface area (Å²) in [6.07, 6.45) is 8.98. The van der Waals surface area contributed by atoms with Crippen molar-refractivity contribution < 1.29 is 24.2 Å². The van der Waals surface area contributed by atoms with Crippen molar-refractivity contribution in [1.82, 2.24) is 0 Å². The smallest absolute Gasteiger partial charge is 0.308 e. The lowest BCUT2D eigenvalue weighted by atomic mass is 9.66. The summed E-state index contributed by atoms with van der Waals surface area (Å²) >= 11 is 0. The van der Waals surface area contributed by atoms with Crippen molar-refractivity contribution in [2.24, 2.45) is 23.7 Å². The molecule has 29 heavy (non-hydrogen) atoms. The molecule has 0 radical (unpaired) electrons. The lowest BCUT2D eigenvalue weighted by Gasteiger charge is -2.42. The molecule has 3 rings (SSSR count). The third-order valence-electron chi connectivity index (χ3n) is 6.69. The average molecular weight is 403 g/mol. The van der Waals surface area contributed by atoms with E-state index in [1.807, 2.05) is 13.8 Å². The number of aliphatic hydroxyl groups excluding tert-OH is 1. The van der Waals surface area contributed by atoms with Gasteiger partial charge in [-0.3, -0.25) is 9.59 Å². The quantitative estimate of drug-likeness (QED) is 0.677. The fourth-order valence-corrected chi connectivity index (χ4v) is 4.81. The first kappa shape index (κ1) is 21.8. The average Bonchev–Trinajstić information content (AvgIpc) is 2.65. The van der Waals surface area contributed by atoms with Gasteiger partial charge in [0.05, 0.1) is 18.4 Å². The SMILES string of the molecule is C=C1C=C2C=C[C@H](C)[C@H](CC[C@@H]3C[C@@H](O)CC(=O)O3)C2[C@@H](OC(=O)C(C)CC)C1. The van der Waals surface area contributed by atoms with Crippen molar-refractivity contribution in [2.45, 2.75) is 77.6 Å². The summed E-state index contributed by atoms with van der Waals surface area (Å²) in [4.78, 5) is 24.2. The summed E-state index contributed by atoms with van der Waals surface area (Å²) in [7, 11) is 0. The van der Waals surface area contributed by atoms with E-state index in [0.29, 0.717) is 25.2 Å². The Morgan fingerprint density at radius 1 is 1.38 bits per heavy atom. The summed E-state index contributed by atoms with van der Waals surface area (Å²) in [5.41, 5.74) is 2.16. The number of carbonyl (C=O) groups excluding carboxylic acids is 2. The van der Waals surface area contributed by atoms with E-state index in [4.69, 9.17) is 9.47 Å². The Kier molecular flexibility index (Phi) is 6.99. The molecule has 0 amide bonds. The van der Waals surface area contributed by atoms with Crippen LogP contribution in [-0.2, 0) is 19.1 Å². The predicted octanol–water partition coefficient (Wildman–Crippen LogP) is 4.12. The molecular formula is C24H34O5. The zero-order valence-electron chi connectivity index (χ0n) is 17.8. The number of allylic oxidation sites excluding steroid dienone is 3. The maximum Gasteiger partial charge on any atom is 0.308 e. The molecule has 1 saturated heterocycles. The van der Waals surface area contributed by atoms with Crippen LogP contribution in [0.1, 0.15) is 59.3 Å². The van der Waals surface area contributed by atoms with Crippen molar-refractivity contribution in [3.63, 3.8) is 0 Å². The molecule has 1 fully saturated rings. The third kappa shape index (κ3) is 5.19. The monoisotopic (exact) mass is 402 g/mol. The van der Waals surface area contributed by atoms with Crippen LogP contribution in [0.25, 0.3) is 0 Å². The zero-order valence-corrected chi connectivity index (χ0v) is 17.8. The first-order valence-corrected chi connectivity index (χ1v) is 10.9. The van der Waals surface area contributed by atoms with E-state index in [1.165, 1.54) is 5.57 Å². The summed E-state index contributed by atoms with van der Waals surface area (Å²) < 4.78 is 11.4. The second-order valence-corrected chi connectivity index (χ2v) is 8.98. The number of ether oxygens (including phenoxy) is 2. The molecule has 0 aromatic heterocycles. The molecule has 2 aliphatic carbocycles. The molecule has 0 spiro atoms. The molecule has 0 saturated carbocycles. The Bertz CT molecular complexity index is 706. The summed E-state index contributed by atoms with van der Waals surface area (Å²) in [5.74, 6) is 0.162. The Morgan fingerprint density at radius 2 is 2.14 bits per heavy atom. The molecule has 5 heteroatoms. The molecule has 1 N–H and O–H groups in total. The first-order valence-electron chi connectivity index (χ1n) is 10.9. The van der Waals surface area contributed by atoms with Gasteiger partial charge in [0.2, 0.25) is 0 Å². The first-order chi connectivity index (χ1) is 13.8. The van der Waals surface area contributed by atoms with Crippen LogP contribution in [0.15, 0.2) is 36.0 Å². The van der Waals surface area contributed by atoms with Gasteiger partial charge < -0.3 is 14.6 Å². The summed E-state index contributed by atoms with van der Waals surface area (Å²) in [6.45, 7) is 10.2. The van der Waals surface area contributed by atoms with Gasteiger partial charge in [0.25, 0.3) is 0 Å². The van der Waals surface area contributed by atoms with Crippen LogP contribution in [0, 0.1) is 23.7 Å². The van der Waals surface area contributed by atoms with Gasteiger partial charge in [-0.05, 0) is 36.7 Å². The van der Waals surface area contributed by atoms with Crippen LogP contribution in [0.4, 0.5) is 0 Å². The number of hydrogen-bond donors (Lipinski definition) is 1. The van der Waals surface area contributed by atoms with E-state index in [1.54, 1.807) is 0 Å². The van der Waals surface area contributed by atoms with Gasteiger partial charge in [-0.25, -0.2) is 0 Å². The maximum atomic E-state index is 12.5. The molecule has 0 aromatic rings. The highest BCUT2D eigenvalue weighted by Gasteiger charge is 2.41. The maximum absolute atomic E-state index is 12.5. The molecular weight excluding hydrogens is 368 g/mol. The molecule has 0 bridgehead atoms. The fraction of sp³-hybridized carbons (Fsp3) is 0.667. The molecule has 1 aliphatic heterocycles. The van der Waals surface area contributed by atoms with Crippen LogP contribution in [0.2, 0.25) is 0 Å². The topological polar surface area (TPSA) is 72.8 Å². The van der Waals surface area contributed by atoms with Gasteiger partial charge in [-0.2, -0.15) is 0 Å². The number of rotatable bonds is 6.